The van der Waals surface area contributed by atoms with Gasteiger partial charge in [0, 0.05) is 6.42 Å². The molecular formula is C28H34N3O3P. The molecule has 0 aliphatic heterocycles. The Morgan fingerprint density at radius 2 is 1.20 bits per heavy atom. The summed E-state index contributed by atoms with van der Waals surface area (Å²) in [6.07, 6.45) is 6.16. The molecule has 0 bridgehead atoms. The van der Waals surface area contributed by atoms with Crippen LogP contribution in [0.15, 0.2) is 97.3 Å². The van der Waals surface area contributed by atoms with E-state index in [1.807, 2.05) is 0 Å². The van der Waals surface area contributed by atoms with Gasteiger partial charge in [-0.3, -0.25) is 4.57 Å². The Labute approximate surface area is 208 Å². The highest BCUT2D eigenvalue weighted by Gasteiger charge is 2.40. The van der Waals surface area contributed by atoms with Gasteiger partial charge in [0.1, 0.15) is 17.7 Å². The molecule has 1 heterocycles. The molecule has 35 heavy (non-hydrogen) atoms. The molecule has 0 saturated heterocycles. The predicted molar refractivity (Wildman–Crippen MR) is 140 cm³/mol. The third-order valence-corrected chi connectivity index (χ3v) is 6.44. The number of benzene rings is 3. The van der Waals surface area contributed by atoms with Crippen molar-refractivity contribution in [2.45, 2.75) is 45.1 Å². The monoisotopic (exact) mass is 491 g/mol. The number of hydrogen-bond donors (Lipinski definition) is 2. The number of nitrogens with zero attached hydrogens (tertiary/aromatic N) is 3. The molecule has 0 aliphatic carbocycles. The Morgan fingerprint density at radius 3 is 1.57 bits per heavy atom. The molecule has 2 N–H and O–H groups in total. The fraction of sp³-hybridized carbons (Fsp3) is 0.286. The summed E-state index contributed by atoms with van der Waals surface area (Å²) in [6, 6.07) is 32.1. The van der Waals surface area contributed by atoms with Gasteiger partial charge in [-0.25, -0.2) is 9.67 Å². The molecule has 3 aromatic carbocycles. The SMILES string of the molecule is CCC(CC)CCc1ncnn1C(c1ccccc1)(c1ccccc1)c1ccccc1.O=[PH](O)O. The van der Waals surface area contributed by atoms with Crippen molar-refractivity contribution in [2.24, 2.45) is 5.92 Å². The zero-order valence-electron chi connectivity index (χ0n) is 20.3. The second-order valence-corrected chi connectivity index (χ2v) is 8.97. The standard InChI is InChI=1S/C28H31N3.H3O3P/c1-3-23(4-2)20-21-27-29-22-30-31(27)28(24-14-8-5-9-15-24,25-16-10-6-11-17-25)26-18-12-7-13-19-26;1-4(2)3/h5-19,22-23H,3-4,20-21H2,1-2H3;4H,(H2,1,2,3). The summed E-state index contributed by atoms with van der Waals surface area (Å²) < 4.78 is 10.9. The summed E-state index contributed by atoms with van der Waals surface area (Å²) in [5.41, 5.74) is 2.97. The van der Waals surface area contributed by atoms with Crippen LogP contribution >= 0.6 is 8.25 Å². The lowest BCUT2D eigenvalue weighted by Crippen LogP contribution is -2.40. The van der Waals surface area contributed by atoms with E-state index in [0.29, 0.717) is 5.92 Å². The molecule has 0 radical (unpaired) electrons. The van der Waals surface area contributed by atoms with E-state index in [1.54, 1.807) is 6.33 Å². The minimum Gasteiger partial charge on any atom is -0.326 e. The highest BCUT2D eigenvalue weighted by atomic mass is 31.1. The molecule has 184 valence electrons. The van der Waals surface area contributed by atoms with Crippen LogP contribution < -0.4 is 0 Å². The fourth-order valence-electron chi connectivity index (χ4n) is 4.65. The molecule has 4 aromatic rings. The maximum atomic E-state index is 8.74. The zero-order chi connectivity index (χ0) is 25.1. The van der Waals surface area contributed by atoms with Crippen LogP contribution in [0.3, 0.4) is 0 Å². The summed E-state index contributed by atoms with van der Waals surface area (Å²) in [6.45, 7) is 4.56. The average molecular weight is 492 g/mol. The highest BCUT2D eigenvalue weighted by Crippen LogP contribution is 2.41. The van der Waals surface area contributed by atoms with E-state index < -0.39 is 13.8 Å². The van der Waals surface area contributed by atoms with Gasteiger partial charge in [-0.1, -0.05) is 118 Å². The molecule has 0 saturated carbocycles. The van der Waals surface area contributed by atoms with E-state index in [1.165, 1.54) is 29.5 Å². The molecule has 0 unspecified atom stereocenters. The summed E-state index contributed by atoms with van der Waals surface area (Å²) in [5.74, 6) is 1.74. The maximum Gasteiger partial charge on any atom is 0.314 e. The zero-order valence-corrected chi connectivity index (χ0v) is 21.3. The number of aromatic nitrogens is 3. The number of aryl methyl sites for hydroxylation is 1. The highest BCUT2D eigenvalue weighted by molar-refractivity contribution is 7.30. The molecule has 1 aromatic heterocycles. The van der Waals surface area contributed by atoms with Crippen molar-refractivity contribution in [3.05, 3.63) is 120 Å². The lowest BCUT2D eigenvalue weighted by Gasteiger charge is -2.37. The van der Waals surface area contributed by atoms with Crippen LogP contribution in [0.4, 0.5) is 0 Å². The Hall–Kier alpha value is -3.05. The lowest BCUT2D eigenvalue weighted by molar-refractivity contribution is 0.405. The first-order valence-electron chi connectivity index (χ1n) is 12.0. The Bertz CT molecular complexity index is 1060. The Kier molecular flexibility index (Phi) is 9.98. The Balaban J connectivity index is 0.000000795. The third-order valence-electron chi connectivity index (χ3n) is 6.44. The van der Waals surface area contributed by atoms with Gasteiger partial charge < -0.3 is 9.79 Å². The van der Waals surface area contributed by atoms with E-state index in [9.17, 15) is 0 Å². The normalized spacial score (nSPS) is 11.4. The van der Waals surface area contributed by atoms with Crippen LogP contribution in [0.25, 0.3) is 0 Å². The molecule has 6 nitrogen and oxygen atoms in total. The molecule has 0 aliphatic rings. The molecular weight excluding hydrogens is 457 g/mol. The lowest BCUT2D eigenvalue weighted by atomic mass is 9.77. The van der Waals surface area contributed by atoms with Crippen molar-refractivity contribution in [2.75, 3.05) is 0 Å². The minimum absolute atomic E-state index is 0.580. The summed E-state index contributed by atoms with van der Waals surface area (Å²) in [5, 5.41) is 4.85. The second kappa shape index (κ2) is 13.1. The molecule has 0 spiro atoms. The van der Waals surface area contributed by atoms with E-state index in [-0.39, 0.29) is 0 Å². The van der Waals surface area contributed by atoms with Crippen LogP contribution in [0.5, 0.6) is 0 Å². The van der Waals surface area contributed by atoms with Gasteiger partial charge in [-0.05, 0) is 29.0 Å². The van der Waals surface area contributed by atoms with Crippen LogP contribution in [-0.2, 0) is 16.5 Å². The largest absolute Gasteiger partial charge is 0.326 e. The predicted octanol–water partition coefficient (Wildman–Crippen LogP) is 5.85. The van der Waals surface area contributed by atoms with Crippen LogP contribution in [-0.4, -0.2) is 24.6 Å². The van der Waals surface area contributed by atoms with Gasteiger partial charge in [0.05, 0.1) is 0 Å². The first-order chi connectivity index (χ1) is 17.0. The summed E-state index contributed by atoms with van der Waals surface area (Å²) in [4.78, 5) is 19.1. The number of rotatable bonds is 9. The van der Waals surface area contributed by atoms with Crippen LogP contribution in [0.1, 0.15) is 55.6 Å². The maximum absolute atomic E-state index is 8.74. The van der Waals surface area contributed by atoms with Gasteiger partial charge in [0.2, 0.25) is 0 Å². The van der Waals surface area contributed by atoms with Crippen molar-refractivity contribution in [3.8, 4) is 0 Å². The van der Waals surface area contributed by atoms with Gasteiger partial charge in [-0.2, -0.15) is 5.10 Å². The first kappa shape index (κ1) is 26.6. The van der Waals surface area contributed by atoms with Gasteiger partial charge in [0.25, 0.3) is 0 Å². The first-order valence-corrected chi connectivity index (χ1v) is 13.3. The fourth-order valence-corrected chi connectivity index (χ4v) is 4.65. The smallest absolute Gasteiger partial charge is 0.314 e. The average Bonchev–Trinajstić information content (AvgIpc) is 3.36. The van der Waals surface area contributed by atoms with Gasteiger partial charge in [0.15, 0.2) is 0 Å². The summed E-state index contributed by atoms with van der Waals surface area (Å²) >= 11 is 0. The quantitative estimate of drug-likeness (QED) is 0.227. The topological polar surface area (TPSA) is 88.2 Å². The molecule has 7 heteroatoms. The molecule has 0 fully saturated rings. The third kappa shape index (κ3) is 6.34. The van der Waals surface area contributed by atoms with E-state index in [2.05, 4.69) is 110 Å². The van der Waals surface area contributed by atoms with Crippen molar-refractivity contribution < 1.29 is 14.4 Å². The minimum atomic E-state index is -3.13. The van der Waals surface area contributed by atoms with Crippen molar-refractivity contribution in [3.63, 3.8) is 0 Å². The Morgan fingerprint density at radius 1 is 0.800 bits per heavy atom. The van der Waals surface area contributed by atoms with Gasteiger partial charge in [-0.15, -0.1) is 0 Å². The van der Waals surface area contributed by atoms with Crippen molar-refractivity contribution in [1.82, 2.24) is 14.8 Å². The number of hydrogen-bond acceptors (Lipinski definition) is 3. The van der Waals surface area contributed by atoms with Crippen molar-refractivity contribution in [1.29, 1.82) is 0 Å². The van der Waals surface area contributed by atoms with Crippen LogP contribution in [0.2, 0.25) is 0 Å². The van der Waals surface area contributed by atoms with E-state index >= 15 is 0 Å². The molecule has 0 atom stereocenters. The van der Waals surface area contributed by atoms with E-state index in [0.717, 1.165) is 18.7 Å². The summed E-state index contributed by atoms with van der Waals surface area (Å²) in [7, 11) is -3.13. The molecule has 0 amide bonds. The second-order valence-electron chi connectivity index (χ2n) is 8.40. The van der Waals surface area contributed by atoms with Crippen molar-refractivity contribution >= 4 is 8.25 Å². The van der Waals surface area contributed by atoms with Crippen LogP contribution in [0, 0.1) is 5.92 Å². The molecule has 4 rings (SSSR count). The van der Waals surface area contributed by atoms with E-state index in [4.69, 9.17) is 24.4 Å². The van der Waals surface area contributed by atoms with Gasteiger partial charge >= 0.3 is 8.25 Å².